The Morgan fingerprint density at radius 3 is 2.41 bits per heavy atom. The highest BCUT2D eigenvalue weighted by Crippen LogP contribution is 2.52. The lowest BCUT2D eigenvalue weighted by Crippen LogP contribution is -2.34. The zero-order valence-corrected chi connectivity index (χ0v) is 15.0. The lowest BCUT2D eigenvalue weighted by Gasteiger charge is -2.32. The molecule has 2 aliphatic rings. The van der Waals surface area contributed by atoms with E-state index in [0.29, 0.717) is 11.5 Å². The smallest absolute Gasteiger partial charge is 0.357 e. The second-order valence-corrected chi connectivity index (χ2v) is 7.30. The first kappa shape index (κ1) is 16.3. The van der Waals surface area contributed by atoms with Crippen molar-refractivity contribution in [1.82, 2.24) is 5.06 Å². The highest BCUT2D eigenvalue weighted by atomic mass is 16.7. The van der Waals surface area contributed by atoms with Gasteiger partial charge in [0.15, 0.2) is 0 Å². The van der Waals surface area contributed by atoms with Crippen LogP contribution < -0.4 is 0 Å². The van der Waals surface area contributed by atoms with Gasteiger partial charge < -0.3 is 4.84 Å². The first-order chi connectivity index (χ1) is 13.3. The van der Waals surface area contributed by atoms with Gasteiger partial charge in [-0.25, -0.2) is 4.79 Å². The molecular weight excluding hydrogens is 334 g/mol. The molecule has 5 rings (SSSR count). The average molecular weight is 355 g/mol. The molecule has 3 aromatic carbocycles. The average Bonchev–Trinajstić information content (AvgIpc) is 3.04. The molecule has 0 amide bonds. The molecule has 1 aliphatic carbocycles. The van der Waals surface area contributed by atoms with E-state index in [4.69, 9.17) is 4.84 Å². The molecule has 3 aromatic rings. The van der Waals surface area contributed by atoms with Crippen molar-refractivity contribution in [2.75, 3.05) is 6.54 Å². The van der Waals surface area contributed by atoms with Crippen LogP contribution in [0.15, 0.2) is 78.9 Å². The second-order valence-electron chi connectivity index (χ2n) is 7.30. The van der Waals surface area contributed by atoms with E-state index in [2.05, 4.69) is 42.5 Å². The van der Waals surface area contributed by atoms with Gasteiger partial charge in [-0.15, -0.1) is 5.06 Å². The van der Waals surface area contributed by atoms with Gasteiger partial charge in [0.05, 0.1) is 11.6 Å². The van der Waals surface area contributed by atoms with E-state index in [-0.39, 0.29) is 12.0 Å². The van der Waals surface area contributed by atoms with Gasteiger partial charge in [0, 0.05) is 6.54 Å². The molecule has 0 aromatic heterocycles. The van der Waals surface area contributed by atoms with Crippen LogP contribution in [0.4, 0.5) is 0 Å². The first-order valence-corrected chi connectivity index (χ1v) is 9.53. The molecule has 0 N–H and O–H groups in total. The Morgan fingerprint density at radius 2 is 1.63 bits per heavy atom. The third-order valence-electron chi connectivity index (χ3n) is 5.76. The number of carbonyl (C=O) groups excluding carboxylic acids is 1. The Bertz CT molecular complexity index is 968. The standard InChI is InChI=1S/C24H21NO2/c26-24(18-10-5-2-6-11-18)27-25-15-14-19-16-22(25)23-20(12-7-13-21(19)23)17-8-3-1-4-9-17/h1-13,19,22H,14-16H2. The number of hydroxylamine groups is 2. The van der Waals surface area contributed by atoms with Crippen LogP contribution in [-0.2, 0) is 4.84 Å². The number of benzene rings is 3. The summed E-state index contributed by atoms with van der Waals surface area (Å²) >= 11 is 0. The zero-order valence-electron chi connectivity index (χ0n) is 15.0. The van der Waals surface area contributed by atoms with Crippen molar-refractivity contribution in [3.05, 3.63) is 95.6 Å². The summed E-state index contributed by atoms with van der Waals surface area (Å²) in [6.45, 7) is 0.775. The van der Waals surface area contributed by atoms with E-state index in [1.165, 1.54) is 22.3 Å². The fraction of sp³-hybridized carbons (Fsp3) is 0.208. The van der Waals surface area contributed by atoms with Crippen molar-refractivity contribution in [2.45, 2.75) is 24.8 Å². The molecule has 1 heterocycles. The summed E-state index contributed by atoms with van der Waals surface area (Å²) in [6, 6.07) is 26.4. The largest absolute Gasteiger partial charge is 0.363 e. The molecule has 1 aliphatic heterocycles. The lowest BCUT2D eigenvalue weighted by molar-refractivity contribution is -0.150. The maximum absolute atomic E-state index is 12.6. The van der Waals surface area contributed by atoms with Crippen LogP contribution in [0.2, 0.25) is 0 Å². The van der Waals surface area contributed by atoms with Gasteiger partial charge in [0.2, 0.25) is 0 Å². The molecule has 2 unspecified atom stereocenters. The number of piperidine rings is 1. The SMILES string of the molecule is O=C(ON1CCC2CC1c1c(-c3ccccc3)cccc12)c1ccccc1. The second kappa shape index (κ2) is 6.67. The molecular formula is C24H21NO2. The Hall–Kier alpha value is -2.91. The molecule has 0 saturated carbocycles. The molecule has 3 nitrogen and oxygen atoms in total. The Morgan fingerprint density at radius 1 is 0.889 bits per heavy atom. The van der Waals surface area contributed by atoms with Gasteiger partial charge in [-0.2, -0.15) is 0 Å². The van der Waals surface area contributed by atoms with Crippen LogP contribution in [0, 0.1) is 0 Å². The van der Waals surface area contributed by atoms with Crippen molar-refractivity contribution in [2.24, 2.45) is 0 Å². The minimum absolute atomic E-state index is 0.128. The van der Waals surface area contributed by atoms with Crippen molar-refractivity contribution < 1.29 is 9.63 Å². The summed E-state index contributed by atoms with van der Waals surface area (Å²) in [4.78, 5) is 18.4. The quantitative estimate of drug-likeness (QED) is 0.633. The summed E-state index contributed by atoms with van der Waals surface area (Å²) in [5.41, 5.74) is 5.81. The van der Waals surface area contributed by atoms with E-state index in [0.717, 1.165) is 19.4 Å². The predicted octanol–water partition coefficient (Wildman–Crippen LogP) is 5.36. The molecule has 0 spiro atoms. The number of rotatable bonds is 3. The van der Waals surface area contributed by atoms with Gasteiger partial charge in [-0.3, -0.25) is 0 Å². The topological polar surface area (TPSA) is 29.5 Å². The predicted molar refractivity (Wildman–Crippen MR) is 105 cm³/mol. The number of fused-ring (bicyclic) bond motifs is 5. The van der Waals surface area contributed by atoms with Crippen LogP contribution in [0.5, 0.6) is 0 Å². The van der Waals surface area contributed by atoms with E-state index in [1.807, 2.05) is 29.3 Å². The monoisotopic (exact) mass is 355 g/mol. The van der Waals surface area contributed by atoms with E-state index >= 15 is 0 Å². The fourth-order valence-electron chi connectivity index (χ4n) is 4.51. The number of hydrogen-bond donors (Lipinski definition) is 0. The molecule has 134 valence electrons. The minimum Gasteiger partial charge on any atom is -0.363 e. The number of hydrogen-bond acceptors (Lipinski definition) is 3. The molecule has 1 fully saturated rings. The third kappa shape index (κ3) is 2.84. The van der Waals surface area contributed by atoms with E-state index in [9.17, 15) is 4.79 Å². The Kier molecular flexibility index (Phi) is 4.02. The zero-order chi connectivity index (χ0) is 18.2. The lowest BCUT2D eigenvalue weighted by atomic mass is 9.94. The summed E-state index contributed by atoms with van der Waals surface area (Å²) in [5, 5.41) is 1.91. The van der Waals surface area contributed by atoms with Crippen LogP contribution >= 0.6 is 0 Å². The summed E-state index contributed by atoms with van der Waals surface area (Å²) < 4.78 is 0. The van der Waals surface area contributed by atoms with Crippen LogP contribution in [0.3, 0.4) is 0 Å². The van der Waals surface area contributed by atoms with Gasteiger partial charge in [-0.1, -0.05) is 66.7 Å². The first-order valence-electron chi connectivity index (χ1n) is 9.53. The summed E-state index contributed by atoms with van der Waals surface area (Å²) in [7, 11) is 0. The number of carbonyl (C=O) groups is 1. The van der Waals surface area contributed by atoms with Gasteiger partial charge in [-0.05, 0) is 53.1 Å². The van der Waals surface area contributed by atoms with Crippen molar-refractivity contribution in [3.8, 4) is 11.1 Å². The van der Waals surface area contributed by atoms with Crippen molar-refractivity contribution >= 4 is 5.97 Å². The van der Waals surface area contributed by atoms with Crippen molar-refractivity contribution in [1.29, 1.82) is 0 Å². The van der Waals surface area contributed by atoms with E-state index in [1.54, 1.807) is 12.1 Å². The van der Waals surface area contributed by atoms with Gasteiger partial charge >= 0.3 is 5.97 Å². The van der Waals surface area contributed by atoms with Gasteiger partial charge in [0.1, 0.15) is 0 Å². The molecule has 2 bridgehead atoms. The van der Waals surface area contributed by atoms with Crippen molar-refractivity contribution in [3.63, 3.8) is 0 Å². The normalized spacial score (nSPS) is 20.9. The summed E-state index contributed by atoms with van der Waals surface area (Å²) in [5.74, 6) is 0.278. The van der Waals surface area contributed by atoms with E-state index < -0.39 is 0 Å². The number of nitrogens with zero attached hydrogens (tertiary/aromatic N) is 1. The fourth-order valence-corrected chi connectivity index (χ4v) is 4.51. The highest BCUT2D eigenvalue weighted by Gasteiger charge is 2.42. The Labute approximate surface area is 159 Å². The van der Waals surface area contributed by atoms with Crippen LogP contribution in [0.25, 0.3) is 11.1 Å². The maximum atomic E-state index is 12.6. The van der Waals surface area contributed by atoms with Gasteiger partial charge in [0.25, 0.3) is 0 Å². The molecule has 3 heteroatoms. The van der Waals surface area contributed by atoms with Crippen LogP contribution in [0.1, 0.15) is 46.3 Å². The minimum atomic E-state index is -0.278. The maximum Gasteiger partial charge on any atom is 0.357 e. The van der Waals surface area contributed by atoms with Crippen LogP contribution in [-0.4, -0.2) is 17.6 Å². The molecule has 0 radical (unpaired) electrons. The highest BCUT2D eigenvalue weighted by molar-refractivity contribution is 5.89. The summed E-state index contributed by atoms with van der Waals surface area (Å²) in [6.07, 6.45) is 2.03. The molecule has 2 atom stereocenters. The molecule has 27 heavy (non-hydrogen) atoms. The Balaban J connectivity index is 1.50. The molecule has 1 saturated heterocycles. The third-order valence-corrected chi connectivity index (χ3v) is 5.76.